The van der Waals surface area contributed by atoms with Crippen molar-refractivity contribution in [3.8, 4) is 5.75 Å². The second-order valence-corrected chi connectivity index (χ2v) is 6.25. The molecule has 0 radical (unpaired) electrons. The lowest BCUT2D eigenvalue weighted by Gasteiger charge is -2.15. The van der Waals surface area contributed by atoms with Crippen LogP contribution < -0.4 is 15.4 Å². The first-order valence-corrected chi connectivity index (χ1v) is 8.51. The van der Waals surface area contributed by atoms with E-state index in [0.29, 0.717) is 12.3 Å². The van der Waals surface area contributed by atoms with Gasteiger partial charge in [-0.05, 0) is 49.6 Å². The fourth-order valence-electron chi connectivity index (χ4n) is 2.44. The lowest BCUT2D eigenvalue weighted by Crippen LogP contribution is -2.35. The molecular formula is C20H22N2O3. The molecule has 1 saturated carbocycles. The molecular weight excluding hydrogens is 316 g/mol. The Morgan fingerprint density at radius 3 is 2.60 bits per heavy atom. The van der Waals surface area contributed by atoms with Crippen LogP contribution in [0.15, 0.2) is 54.6 Å². The highest BCUT2D eigenvalue weighted by atomic mass is 16.5. The number of ether oxygens (including phenoxy) is 1. The number of carbonyl (C=O) groups excluding carboxylic acids is 2. The van der Waals surface area contributed by atoms with Gasteiger partial charge in [0.05, 0.1) is 0 Å². The largest absolute Gasteiger partial charge is 0.481 e. The molecule has 0 bridgehead atoms. The van der Waals surface area contributed by atoms with Crippen LogP contribution in [0.1, 0.15) is 25.3 Å². The summed E-state index contributed by atoms with van der Waals surface area (Å²) in [7, 11) is 0. The molecule has 1 unspecified atom stereocenters. The molecule has 1 fully saturated rings. The molecule has 5 nitrogen and oxygen atoms in total. The molecule has 5 heteroatoms. The molecule has 25 heavy (non-hydrogen) atoms. The van der Waals surface area contributed by atoms with Gasteiger partial charge in [-0.1, -0.05) is 30.3 Å². The summed E-state index contributed by atoms with van der Waals surface area (Å²) in [4.78, 5) is 24.0. The number of anilines is 1. The van der Waals surface area contributed by atoms with Crippen LogP contribution in [0.4, 0.5) is 5.69 Å². The lowest BCUT2D eigenvalue weighted by molar-refractivity contribution is -0.127. The van der Waals surface area contributed by atoms with Crippen molar-refractivity contribution in [3.05, 3.63) is 60.2 Å². The Morgan fingerprint density at radius 2 is 1.88 bits per heavy atom. The second kappa shape index (κ2) is 7.83. The fourth-order valence-corrected chi connectivity index (χ4v) is 2.44. The van der Waals surface area contributed by atoms with E-state index >= 15 is 0 Å². The number of nitrogens with one attached hydrogen (secondary N) is 2. The van der Waals surface area contributed by atoms with Crippen LogP contribution in [0.5, 0.6) is 5.75 Å². The second-order valence-electron chi connectivity index (χ2n) is 6.25. The van der Waals surface area contributed by atoms with Gasteiger partial charge in [0.2, 0.25) is 5.91 Å². The number of para-hydroxylation sites is 1. The molecule has 2 amide bonds. The molecule has 0 saturated heterocycles. The maximum atomic E-state index is 12.2. The van der Waals surface area contributed by atoms with E-state index in [2.05, 4.69) is 10.6 Å². The van der Waals surface area contributed by atoms with Crippen LogP contribution in [-0.4, -0.2) is 17.9 Å². The summed E-state index contributed by atoms with van der Waals surface area (Å²) in [5.74, 6) is 0.719. The Bertz CT molecular complexity index is 742. The Hall–Kier alpha value is -2.82. The molecule has 2 N–H and O–H groups in total. The molecule has 0 heterocycles. The van der Waals surface area contributed by atoms with Crippen molar-refractivity contribution in [2.45, 2.75) is 32.4 Å². The Morgan fingerprint density at radius 1 is 1.12 bits per heavy atom. The van der Waals surface area contributed by atoms with Gasteiger partial charge in [0.1, 0.15) is 5.75 Å². The molecule has 1 atom stereocenters. The summed E-state index contributed by atoms with van der Waals surface area (Å²) in [6, 6.07) is 16.8. The minimum atomic E-state index is -0.583. The molecule has 1 aliphatic rings. The van der Waals surface area contributed by atoms with Crippen LogP contribution in [0.25, 0.3) is 0 Å². The molecule has 0 spiro atoms. The van der Waals surface area contributed by atoms with E-state index in [9.17, 15) is 9.59 Å². The van der Waals surface area contributed by atoms with Gasteiger partial charge < -0.3 is 15.4 Å². The Balaban J connectivity index is 1.50. The van der Waals surface area contributed by atoms with Crippen LogP contribution in [-0.2, 0) is 16.1 Å². The van der Waals surface area contributed by atoms with Gasteiger partial charge in [-0.2, -0.15) is 0 Å². The van der Waals surface area contributed by atoms with Crippen LogP contribution >= 0.6 is 0 Å². The van der Waals surface area contributed by atoms with Crippen molar-refractivity contribution in [1.29, 1.82) is 0 Å². The molecule has 2 aromatic carbocycles. The van der Waals surface area contributed by atoms with Crippen LogP contribution in [0, 0.1) is 5.92 Å². The minimum absolute atomic E-state index is 0.0751. The van der Waals surface area contributed by atoms with Gasteiger partial charge in [-0.15, -0.1) is 0 Å². The highest BCUT2D eigenvalue weighted by Crippen LogP contribution is 2.30. The van der Waals surface area contributed by atoms with Crippen molar-refractivity contribution >= 4 is 17.5 Å². The van der Waals surface area contributed by atoms with Crippen LogP contribution in [0.3, 0.4) is 0 Å². The maximum Gasteiger partial charge on any atom is 0.261 e. The minimum Gasteiger partial charge on any atom is -0.481 e. The van der Waals surface area contributed by atoms with Crippen molar-refractivity contribution in [3.63, 3.8) is 0 Å². The van der Waals surface area contributed by atoms with Crippen molar-refractivity contribution in [1.82, 2.24) is 5.32 Å². The molecule has 0 aliphatic heterocycles. The van der Waals surface area contributed by atoms with E-state index in [0.717, 1.165) is 24.1 Å². The summed E-state index contributed by atoms with van der Waals surface area (Å²) in [5, 5.41) is 5.77. The predicted octanol–water partition coefficient (Wildman–Crippen LogP) is 3.12. The number of hydrogen-bond acceptors (Lipinski definition) is 3. The lowest BCUT2D eigenvalue weighted by atomic mass is 10.2. The number of benzene rings is 2. The Kier molecular flexibility index (Phi) is 5.33. The average molecular weight is 338 g/mol. The zero-order valence-electron chi connectivity index (χ0n) is 14.2. The van der Waals surface area contributed by atoms with E-state index in [4.69, 9.17) is 4.74 Å². The number of hydrogen-bond donors (Lipinski definition) is 2. The van der Waals surface area contributed by atoms with Crippen molar-refractivity contribution in [2.24, 2.45) is 5.92 Å². The number of carbonyl (C=O) groups is 2. The highest BCUT2D eigenvalue weighted by Gasteiger charge is 2.29. The number of amides is 2. The normalized spacial score (nSPS) is 14.4. The topological polar surface area (TPSA) is 67.4 Å². The molecule has 0 aromatic heterocycles. The van der Waals surface area contributed by atoms with E-state index in [1.807, 2.05) is 54.6 Å². The van der Waals surface area contributed by atoms with Gasteiger partial charge in [0, 0.05) is 18.2 Å². The first kappa shape index (κ1) is 17.0. The monoisotopic (exact) mass is 338 g/mol. The first-order chi connectivity index (χ1) is 12.1. The summed E-state index contributed by atoms with van der Waals surface area (Å²) < 4.78 is 5.61. The quantitative estimate of drug-likeness (QED) is 0.815. The number of rotatable bonds is 7. The third-order valence-corrected chi connectivity index (χ3v) is 4.03. The van der Waals surface area contributed by atoms with E-state index in [-0.39, 0.29) is 17.7 Å². The molecule has 130 valence electrons. The summed E-state index contributed by atoms with van der Waals surface area (Å²) >= 11 is 0. The van der Waals surface area contributed by atoms with Gasteiger partial charge >= 0.3 is 0 Å². The summed E-state index contributed by atoms with van der Waals surface area (Å²) in [6.45, 7) is 2.10. The van der Waals surface area contributed by atoms with Gasteiger partial charge in [-0.3, -0.25) is 9.59 Å². The Labute approximate surface area is 147 Å². The molecule has 3 rings (SSSR count). The third-order valence-electron chi connectivity index (χ3n) is 4.03. The fraction of sp³-hybridized carbons (Fsp3) is 0.300. The van der Waals surface area contributed by atoms with Crippen molar-refractivity contribution < 1.29 is 14.3 Å². The molecule has 2 aromatic rings. The third kappa shape index (κ3) is 5.08. The first-order valence-electron chi connectivity index (χ1n) is 8.51. The van der Waals surface area contributed by atoms with Crippen molar-refractivity contribution in [2.75, 3.05) is 5.32 Å². The summed E-state index contributed by atoms with van der Waals surface area (Å²) in [6.07, 6.45) is 1.36. The standard InChI is InChI=1S/C20H22N2O3/c1-14(25-18-8-3-2-4-9-18)19(23)21-13-15-6-5-7-17(12-15)22-20(24)16-10-11-16/h2-9,12,14,16H,10-11,13H2,1H3,(H,21,23)(H,22,24). The predicted molar refractivity (Wildman–Crippen MR) is 96.2 cm³/mol. The zero-order valence-corrected chi connectivity index (χ0v) is 14.2. The van der Waals surface area contributed by atoms with Gasteiger partial charge in [0.15, 0.2) is 6.10 Å². The van der Waals surface area contributed by atoms with E-state index in [1.54, 1.807) is 6.92 Å². The smallest absolute Gasteiger partial charge is 0.261 e. The maximum absolute atomic E-state index is 12.2. The molecule has 1 aliphatic carbocycles. The van der Waals surface area contributed by atoms with E-state index < -0.39 is 6.10 Å². The highest BCUT2D eigenvalue weighted by molar-refractivity contribution is 5.94. The SMILES string of the molecule is CC(Oc1ccccc1)C(=O)NCc1cccc(NC(=O)C2CC2)c1. The average Bonchev–Trinajstić information content (AvgIpc) is 3.46. The van der Waals surface area contributed by atoms with Gasteiger partial charge in [-0.25, -0.2) is 0 Å². The van der Waals surface area contributed by atoms with Gasteiger partial charge in [0.25, 0.3) is 5.91 Å². The van der Waals surface area contributed by atoms with E-state index in [1.165, 1.54) is 0 Å². The zero-order chi connectivity index (χ0) is 17.6. The van der Waals surface area contributed by atoms with Crippen LogP contribution in [0.2, 0.25) is 0 Å². The summed E-state index contributed by atoms with van der Waals surface area (Å²) in [5.41, 5.74) is 1.69.